The molecule has 1 N–H and O–H groups in total. The summed E-state index contributed by atoms with van der Waals surface area (Å²) >= 11 is 6.44. The maximum Gasteiger partial charge on any atom is 0.134 e. The monoisotopic (exact) mass is 289 g/mol. The van der Waals surface area contributed by atoms with E-state index in [-0.39, 0.29) is 6.61 Å². The molecule has 0 fully saturated rings. The number of aromatic nitrogens is 1. The minimum Gasteiger partial charge on any atom is -0.496 e. The quantitative estimate of drug-likeness (QED) is 0.792. The molecule has 0 saturated heterocycles. The number of ether oxygens (including phenoxy) is 1. The molecule has 4 heteroatoms. The fourth-order valence-electron chi connectivity index (χ4n) is 2.91. The van der Waals surface area contributed by atoms with Crippen molar-refractivity contribution in [2.45, 2.75) is 20.1 Å². The maximum atomic E-state index is 9.52. The first kappa shape index (κ1) is 13.3. The Morgan fingerprint density at radius 2 is 2.05 bits per heavy atom. The normalized spacial score (nSPS) is 11.4. The molecule has 1 aromatic heterocycles. The molecule has 0 spiro atoms. The Bertz CT molecular complexity index is 792. The van der Waals surface area contributed by atoms with Gasteiger partial charge >= 0.3 is 0 Å². The Morgan fingerprint density at radius 3 is 2.70 bits per heavy atom. The zero-order valence-electron chi connectivity index (χ0n) is 11.5. The molecule has 0 amide bonds. The van der Waals surface area contributed by atoms with E-state index in [1.165, 1.54) is 0 Å². The van der Waals surface area contributed by atoms with E-state index in [4.69, 9.17) is 16.3 Å². The summed E-state index contributed by atoms with van der Waals surface area (Å²) in [7, 11) is 1.62. The number of fused-ring (bicyclic) bond motifs is 3. The minimum absolute atomic E-state index is 0.0928. The number of aryl methyl sites for hydroxylation is 1. The molecule has 104 valence electrons. The van der Waals surface area contributed by atoms with Crippen molar-refractivity contribution in [3.05, 3.63) is 40.9 Å². The van der Waals surface area contributed by atoms with Gasteiger partial charge in [-0.2, -0.15) is 0 Å². The third-order valence-electron chi connectivity index (χ3n) is 3.71. The number of rotatable bonds is 3. The fraction of sp³-hybridized carbons (Fsp3) is 0.250. The number of aliphatic hydroxyl groups excluding tert-OH is 1. The van der Waals surface area contributed by atoms with Gasteiger partial charge in [0.2, 0.25) is 0 Å². The van der Waals surface area contributed by atoms with Gasteiger partial charge in [-0.25, -0.2) is 0 Å². The Balaban J connectivity index is 2.62. The van der Waals surface area contributed by atoms with Crippen molar-refractivity contribution < 1.29 is 9.84 Å². The Hall–Kier alpha value is -1.71. The van der Waals surface area contributed by atoms with Gasteiger partial charge in [0.15, 0.2) is 0 Å². The van der Waals surface area contributed by atoms with Crippen molar-refractivity contribution >= 4 is 33.4 Å². The molecule has 0 bridgehead atoms. The second-order valence-corrected chi connectivity index (χ2v) is 5.10. The number of methoxy groups -OCH3 is 1. The molecule has 3 aromatic rings. The van der Waals surface area contributed by atoms with E-state index in [2.05, 4.69) is 23.6 Å². The van der Waals surface area contributed by atoms with Crippen LogP contribution in [0.1, 0.15) is 12.5 Å². The molecule has 0 aliphatic heterocycles. The zero-order chi connectivity index (χ0) is 14.3. The van der Waals surface area contributed by atoms with Crippen LogP contribution in [0.25, 0.3) is 21.8 Å². The average Bonchev–Trinajstić information content (AvgIpc) is 2.82. The van der Waals surface area contributed by atoms with Gasteiger partial charge in [0.1, 0.15) is 5.75 Å². The Labute approximate surface area is 122 Å². The number of hydrogen-bond donors (Lipinski definition) is 1. The predicted molar refractivity (Wildman–Crippen MR) is 82.6 cm³/mol. The molecule has 20 heavy (non-hydrogen) atoms. The van der Waals surface area contributed by atoms with Crippen molar-refractivity contribution in [3.63, 3.8) is 0 Å². The molecule has 3 nitrogen and oxygen atoms in total. The zero-order valence-corrected chi connectivity index (χ0v) is 12.2. The number of halogens is 1. The van der Waals surface area contributed by atoms with Crippen LogP contribution in [0.5, 0.6) is 5.75 Å². The number of benzene rings is 2. The smallest absolute Gasteiger partial charge is 0.134 e. The summed E-state index contributed by atoms with van der Waals surface area (Å²) < 4.78 is 7.72. The SMILES string of the molecule is CCn1c2ccccc2c2c(OC)c(CO)cc(Cl)c21. The first-order valence-corrected chi connectivity index (χ1v) is 6.97. The largest absolute Gasteiger partial charge is 0.496 e. The molecule has 2 aromatic carbocycles. The molecule has 3 rings (SSSR count). The predicted octanol–water partition coefficient (Wildman–Crippen LogP) is 3.97. The van der Waals surface area contributed by atoms with Gasteiger partial charge < -0.3 is 14.4 Å². The first-order valence-electron chi connectivity index (χ1n) is 6.60. The summed E-state index contributed by atoms with van der Waals surface area (Å²) in [5.41, 5.74) is 2.80. The lowest BCUT2D eigenvalue weighted by molar-refractivity contribution is 0.274. The third kappa shape index (κ3) is 1.70. The second kappa shape index (κ2) is 5.00. The molecule has 1 heterocycles. The van der Waals surface area contributed by atoms with Crippen LogP contribution < -0.4 is 4.74 Å². The fourth-order valence-corrected chi connectivity index (χ4v) is 3.24. The molecule has 0 aliphatic rings. The second-order valence-electron chi connectivity index (χ2n) is 4.69. The molecule has 0 unspecified atom stereocenters. The summed E-state index contributed by atoms with van der Waals surface area (Å²) in [5.74, 6) is 0.704. The van der Waals surface area contributed by atoms with Gasteiger partial charge in [0.25, 0.3) is 0 Å². The van der Waals surface area contributed by atoms with Crippen LogP contribution in [-0.4, -0.2) is 16.8 Å². The van der Waals surface area contributed by atoms with Crippen LogP contribution in [0.4, 0.5) is 0 Å². The summed E-state index contributed by atoms with van der Waals surface area (Å²) in [5, 5.41) is 12.2. The minimum atomic E-state index is -0.0928. The topological polar surface area (TPSA) is 34.4 Å². The van der Waals surface area contributed by atoms with Crippen LogP contribution in [0.15, 0.2) is 30.3 Å². The highest BCUT2D eigenvalue weighted by molar-refractivity contribution is 6.37. The van der Waals surface area contributed by atoms with E-state index >= 15 is 0 Å². The number of nitrogens with zero attached hydrogens (tertiary/aromatic N) is 1. The van der Waals surface area contributed by atoms with Gasteiger partial charge in [-0.05, 0) is 19.1 Å². The number of aliphatic hydroxyl groups is 1. The lowest BCUT2D eigenvalue weighted by atomic mass is 10.1. The highest BCUT2D eigenvalue weighted by atomic mass is 35.5. The summed E-state index contributed by atoms with van der Waals surface area (Å²) in [6.45, 7) is 2.82. The van der Waals surface area contributed by atoms with Crippen LogP contribution in [0.3, 0.4) is 0 Å². The van der Waals surface area contributed by atoms with Crippen LogP contribution in [0, 0.1) is 0 Å². The summed E-state index contributed by atoms with van der Waals surface area (Å²) in [6, 6.07) is 9.94. The standard InChI is InChI=1S/C16H16ClNO2/c1-3-18-13-7-5-4-6-11(13)14-15(18)12(17)8-10(9-19)16(14)20-2/h4-8,19H,3,9H2,1-2H3. The van der Waals surface area contributed by atoms with Crippen molar-refractivity contribution in [2.75, 3.05) is 7.11 Å². The van der Waals surface area contributed by atoms with Crippen molar-refractivity contribution in [3.8, 4) is 5.75 Å². The molecule has 0 aliphatic carbocycles. The lowest BCUT2D eigenvalue weighted by Crippen LogP contribution is -1.97. The Morgan fingerprint density at radius 1 is 1.30 bits per heavy atom. The van der Waals surface area contributed by atoms with Gasteiger partial charge in [-0.1, -0.05) is 29.8 Å². The molecule has 0 radical (unpaired) electrons. The van der Waals surface area contributed by atoms with E-state index in [1.54, 1.807) is 13.2 Å². The van der Waals surface area contributed by atoms with Gasteiger partial charge in [0, 0.05) is 23.0 Å². The highest BCUT2D eigenvalue weighted by Gasteiger charge is 2.19. The van der Waals surface area contributed by atoms with Gasteiger partial charge in [-0.3, -0.25) is 0 Å². The molecule has 0 atom stereocenters. The van der Waals surface area contributed by atoms with Gasteiger partial charge in [-0.15, -0.1) is 0 Å². The third-order valence-corrected chi connectivity index (χ3v) is 4.00. The van der Waals surface area contributed by atoms with E-state index in [0.29, 0.717) is 16.3 Å². The van der Waals surface area contributed by atoms with Gasteiger partial charge in [0.05, 0.1) is 29.6 Å². The van der Waals surface area contributed by atoms with Crippen LogP contribution >= 0.6 is 11.6 Å². The lowest BCUT2D eigenvalue weighted by Gasteiger charge is -2.11. The molecular formula is C16H16ClNO2. The average molecular weight is 290 g/mol. The summed E-state index contributed by atoms with van der Waals surface area (Å²) in [6.07, 6.45) is 0. The summed E-state index contributed by atoms with van der Waals surface area (Å²) in [4.78, 5) is 0. The molecular weight excluding hydrogens is 274 g/mol. The van der Waals surface area contributed by atoms with Crippen molar-refractivity contribution in [1.82, 2.24) is 4.57 Å². The maximum absolute atomic E-state index is 9.52. The van der Waals surface area contributed by atoms with Crippen LogP contribution in [0.2, 0.25) is 5.02 Å². The van der Waals surface area contributed by atoms with E-state index in [0.717, 1.165) is 28.4 Å². The molecule has 0 saturated carbocycles. The first-order chi connectivity index (χ1) is 9.72. The van der Waals surface area contributed by atoms with E-state index in [1.807, 2.05) is 12.1 Å². The van der Waals surface area contributed by atoms with Crippen LogP contribution in [-0.2, 0) is 13.2 Å². The highest BCUT2D eigenvalue weighted by Crippen LogP contribution is 2.41. The number of para-hydroxylation sites is 1. The van der Waals surface area contributed by atoms with Crippen molar-refractivity contribution in [2.24, 2.45) is 0 Å². The van der Waals surface area contributed by atoms with E-state index in [9.17, 15) is 5.11 Å². The number of hydrogen-bond acceptors (Lipinski definition) is 2. The Kier molecular flexibility index (Phi) is 3.32. The van der Waals surface area contributed by atoms with Crippen molar-refractivity contribution in [1.29, 1.82) is 0 Å². The van der Waals surface area contributed by atoms with E-state index < -0.39 is 0 Å².